The number of aryl methyl sites for hydroxylation is 1. The molecule has 154 valence electrons. The smallest absolute Gasteiger partial charge is 0.273 e. The van der Waals surface area contributed by atoms with Crippen LogP contribution in [0, 0.1) is 6.92 Å². The summed E-state index contributed by atoms with van der Waals surface area (Å²) in [6, 6.07) is 3.71. The fourth-order valence-electron chi connectivity index (χ4n) is 2.95. The first kappa shape index (κ1) is 19.5. The fourth-order valence-corrected chi connectivity index (χ4v) is 2.95. The first-order chi connectivity index (χ1) is 14.5. The number of ether oxygens (including phenoxy) is 1. The van der Waals surface area contributed by atoms with Crippen LogP contribution in [0.25, 0.3) is 28.5 Å². The van der Waals surface area contributed by atoms with Crippen LogP contribution in [0.3, 0.4) is 0 Å². The molecule has 1 atom stereocenters. The molecule has 0 aromatic carbocycles. The molecule has 0 spiro atoms. The van der Waals surface area contributed by atoms with Crippen LogP contribution in [0.4, 0.5) is 5.82 Å². The molecule has 0 aliphatic rings. The van der Waals surface area contributed by atoms with Gasteiger partial charge in [-0.3, -0.25) is 4.79 Å². The molecule has 4 rings (SSSR count). The number of hydrogen-bond donors (Lipinski definition) is 2. The molecule has 0 saturated heterocycles. The zero-order valence-electron chi connectivity index (χ0n) is 16.8. The van der Waals surface area contributed by atoms with E-state index in [9.17, 15) is 4.79 Å². The van der Waals surface area contributed by atoms with E-state index in [4.69, 9.17) is 14.9 Å². The molecule has 3 N–H and O–H groups in total. The van der Waals surface area contributed by atoms with Crippen molar-refractivity contribution in [3.63, 3.8) is 0 Å². The largest absolute Gasteiger partial charge is 0.443 e. The number of methoxy groups -OCH3 is 1. The lowest BCUT2D eigenvalue weighted by atomic mass is 10.1. The fraction of sp³-hybridized carbons (Fsp3) is 0.250. The van der Waals surface area contributed by atoms with Crippen molar-refractivity contribution in [2.24, 2.45) is 0 Å². The van der Waals surface area contributed by atoms with Crippen molar-refractivity contribution in [2.45, 2.75) is 20.0 Å². The lowest BCUT2D eigenvalue weighted by Crippen LogP contribution is -2.33. The monoisotopic (exact) mass is 407 g/mol. The number of rotatable bonds is 6. The summed E-state index contributed by atoms with van der Waals surface area (Å²) in [5.74, 6) is -0.204. The van der Waals surface area contributed by atoms with Gasteiger partial charge in [-0.2, -0.15) is 0 Å². The summed E-state index contributed by atoms with van der Waals surface area (Å²) in [6.07, 6.45) is 6.44. The van der Waals surface area contributed by atoms with Gasteiger partial charge in [0.2, 0.25) is 5.89 Å². The second-order valence-corrected chi connectivity index (χ2v) is 6.79. The van der Waals surface area contributed by atoms with E-state index < -0.39 is 5.91 Å². The SMILES string of the molecule is CO[C@H](C)CNC(=O)c1nc(-c2ccc3ncc(C)n3c2)c(-c2ncco2)nc1N. The third-order valence-corrected chi connectivity index (χ3v) is 4.69. The molecular weight excluding hydrogens is 386 g/mol. The Balaban J connectivity index is 1.83. The van der Waals surface area contributed by atoms with Crippen LogP contribution in [-0.2, 0) is 4.74 Å². The van der Waals surface area contributed by atoms with E-state index in [1.807, 2.05) is 36.6 Å². The van der Waals surface area contributed by atoms with E-state index in [1.165, 1.54) is 12.5 Å². The average molecular weight is 407 g/mol. The van der Waals surface area contributed by atoms with Gasteiger partial charge >= 0.3 is 0 Å². The topological polar surface area (TPSA) is 133 Å². The first-order valence-corrected chi connectivity index (χ1v) is 9.30. The number of carbonyl (C=O) groups excluding carboxylic acids is 1. The third-order valence-electron chi connectivity index (χ3n) is 4.69. The Hall–Kier alpha value is -3.79. The van der Waals surface area contributed by atoms with Crippen molar-refractivity contribution in [3.8, 4) is 22.8 Å². The van der Waals surface area contributed by atoms with E-state index in [0.717, 1.165) is 11.3 Å². The molecule has 4 aromatic heterocycles. The number of oxazole rings is 1. The summed E-state index contributed by atoms with van der Waals surface area (Å²) in [6.45, 7) is 4.10. The molecule has 0 unspecified atom stereocenters. The van der Waals surface area contributed by atoms with Crippen molar-refractivity contribution in [1.82, 2.24) is 29.7 Å². The Morgan fingerprint density at radius 1 is 1.30 bits per heavy atom. The quantitative estimate of drug-likeness (QED) is 0.496. The number of anilines is 1. The lowest BCUT2D eigenvalue weighted by Gasteiger charge is -2.13. The van der Waals surface area contributed by atoms with E-state index in [1.54, 1.807) is 13.3 Å². The molecule has 0 bridgehead atoms. The number of amides is 1. The van der Waals surface area contributed by atoms with Crippen molar-refractivity contribution >= 4 is 17.4 Å². The van der Waals surface area contributed by atoms with Crippen LogP contribution in [-0.4, -0.2) is 50.0 Å². The maximum Gasteiger partial charge on any atom is 0.273 e. The van der Waals surface area contributed by atoms with Gasteiger partial charge in [-0.15, -0.1) is 0 Å². The average Bonchev–Trinajstić information content (AvgIpc) is 3.41. The normalized spacial score (nSPS) is 12.2. The number of nitrogens with two attached hydrogens (primary N) is 1. The molecule has 0 saturated carbocycles. The van der Waals surface area contributed by atoms with Crippen LogP contribution in [0.5, 0.6) is 0 Å². The van der Waals surface area contributed by atoms with Crippen LogP contribution >= 0.6 is 0 Å². The summed E-state index contributed by atoms with van der Waals surface area (Å²) >= 11 is 0. The second kappa shape index (κ2) is 7.91. The van der Waals surface area contributed by atoms with Gasteiger partial charge in [0.05, 0.1) is 12.3 Å². The minimum atomic E-state index is -0.441. The number of aromatic nitrogens is 5. The van der Waals surface area contributed by atoms with Crippen molar-refractivity contribution in [3.05, 3.63) is 48.4 Å². The zero-order chi connectivity index (χ0) is 21.3. The number of nitrogens with one attached hydrogen (secondary N) is 1. The minimum Gasteiger partial charge on any atom is -0.443 e. The number of nitrogen functional groups attached to an aromatic ring is 1. The van der Waals surface area contributed by atoms with Gasteiger partial charge in [0, 0.05) is 37.3 Å². The molecule has 0 aliphatic carbocycles. The van der Waals surface area contributed by atoms with Gasteiger partial charge in [0.25, 0.3) is 5.91 Å². The lowest BCUT2D eigenvalue weighted by molar-refractivity contribution is 0.0867. The maximum absolute atomic E-state index is 12.7. The van der Waals surface area contributed by atoms with Crippen LogP contribution < -0.4 is 11.1 Å². The number of carbonyl (C=O) groups is 1. The van der Waals surface area contributed by atoms with Gasteiger partial charge in [0.1, 0.15) is 17.6 Å². The summed E-state index contributed by atoms with van der Waals surface area (Å²) in [4.78, 5) is 30.1. The second-order valence-electron chi connectivity index (χ2n) is 6.79. The highest BCUT2D eigenvalue weighted by Gasteiger charge is 2.22. The maximum atomic E-state index is 12.7. The molecule has 0 aliphatic heterocycles. The van der Waals surface area contributed by atoms with Gasteiger partial charge in [-0.25, -0.2) is 19.9 Å². The van der Waals surface area contributed by atoms with Crippen molar-refractivity contribution < 1.29 is 13.9 Å². The highest BCUT2D eigenvalue weighted by atomic mass is 16.5. The number of imidazole rings is 1. The number of fused-ring (bicyclic) bond motifs is 1. The molecule has 0 radical (unpaired) electrons. The Labute approximate surface area is 172 Å². The van der Waals surface area contributed by atoms with Gasteiger partial charge in [-0.1, -0.05) is 0 Å². The molecule has 4 heterocycles. The predicted octanol–water partition coefficient (Wildman–Crippen LogP) is 2.10. The van der Waals surface area contributed by atoms with Crippen molar-refractivity contribution in [1.29, 1.82) is 0 Å². The summed E-state index contributed by atoms with van der Waals surface area (Å²) in [7, 11) is 1.57. The first-order valence-electron chi connectivity index (χ1n) is 9.30. The van der Waals surface area contributed by atoms with Gasteiger partial charge in [0.15, 0.2) is 17.2 Å². The molecule has 1 amide bonds. The molecule has 10 nitrogen and oxygen atoms in total. The Morgan fingerprint density at radius 3 is 2.87 bits per heavy atom. The number of nitrogens with zero attached hydrogens (tertiary/aromatic N) is 5. The van der Waals surface area contributed by atoms with E-state index >= 15 is 0 Å². The molecular formula is C20H21N7O3. The third kappa shape index (κ3) is 3.60. The highest BCUT2D eigenvalue weighted by Crippen LogP contribution is 2.30. The van der Waals surface area contributed by atoms with E-state index in [0.29, 0.717) is 23.5 Å². The summed E-state index contributed by atoms with van der Waals surface area (Å²) < 4.78 is 12.5. The standard InChI is InChI=1S/C20H21N7O3/c1-11-8-23-14-5-4-13(10-27(11)14)15-16(20-22-6-7-30-20)26-18(21)17(25-15)19(28)24-9-12(2)29-3/h4-8,10,12H,9H2,1-3H3,(H2,21,26)(H,24,28)/t12-/m1/s1. The Bertz CT molecular complexity index is 1200. The van der Waals surface area contributed by atoms with Crippen LogP contribution in [0.15, 0.2) is 41.4 Å². The summed E-state index contributed by atoms with van der Waals surface area (Å²) in [5.41, 5.74) is 9.31. The van der Waals surface area contributed by atoms with E-state index in [2.05, 4.69) is 25.3 Å². The highest BCUT2D eigenvalue weighted by molar-refractivity contribution is 5.97. The number of pyridine rings is 1. The summed E-state index contributed by atoms with van der Waals surface area (Å²) in [5, 5.41) is 2.76. The van der Waals surface area contributed by atoms with Crippen LogP contribution in [0.2, 0.25) is 0 Å². The van der Waals surface area contributed by atoms with Gasteiger partial charge < -0.3 is 24.6 Å². The van der Waals surface area contributed by atoms with Crippen LogP contribution in [0.1, 0.15) is 23.1 Å². The minimum absolute atomic E-state index is 0.0191. The van der Waals surface area contributed by atoms with Crippen molar-refractivity contribution in [2.75, 3.05) is 19.4 Å². The Morgan fingerprint density at radius 2 is 2.13 bits per heavy atom. The zero-order valence-corrected chi connectivity index (χ0v) is 16.8. The predicted molar refractivity (Wildman–Crippen MR) is 110 cm³/mol. The molecule has 0 fully saturated rings. The van der Waals surface area contributed by atoms with Gasteiger partial charge in [-0.05, 0) is 26.0 Å². The molecule has 30 heavy (non-hydrogen) atoms. The molecule has 10 heteroatoms. The Kier molecular flexibility index (Phi) is 5.15. The molecule has 4 aromatic rings. The number of hydrogen-bond acceptors (Lipinski definition) is 8. The van der Waals surface area contributed by atoms with E-state index in [-0.39, 0.29) is 23.5 Å².